The molecule has 4 nitrogen and oxygen atoms in total. The number of hydrogen-bond acceptors (Lipinski definition) is 2. The van der Waals surface area contributed by atoms with Crippen LogP contribution in [0.1, 0.15) is 74.1 Å². The summed E-state index contributed by atoms with van der Waals surface area (Å²) in [5.74, 6) is 1.36. The Morgan fingerprint density at radius 2 is 1.62 bits per heavy atom. The van der Waals surface area contributed by atoms with Crippen LogP contribution < -0.4 is 5.32 Å². The van der Waals surface area contributed by atoms with E-state index in [4.69, 9.17) is 0 Å². The molecule has 0 aliphatic carbocycles. The number of rotatable bonds is 6. The molecule has 1 aliphatic rings. The Morgan fingerprint density at radius 1 is 1.08 bits per heavy atom. The van der Waals surface area contributed by atoms with Crippen LogP contribution in [-0.2, 0) is 9.59 Å². The van der Waals surface area contributed by atoms with Crippen molar-refractivity contribution in [2.24, 2.45) is 23.2 Å². The van der Waals surface area contributed by atoms with Crippen molar-refractivity contribution in [2.45, 2.75) is 80.2 Å². The molecule has 0 aromatic rings. The van der Waals surface area contributed by atoms with Gasteiger partial charge in [-0.3, -0.25) is 9.59 Å². The quantitative estimate of drug-likeness (QED) is 0.800. The highest BCUT2D eigenvalue weighted by molar-refractivity contribution is 5.84. The monoisotopic (exact) mass is 338 g/mol. The molecule has 140 valence electrons. The lowest BCUT2D eigenvalue weighted by atomic mass is 9.90. The Kier molecular flexibility index (Phi) is 7.75. The number of carbonyl (C=O) groups excluding carboxylic acids is 2. The number of hydrogen-bond donors (Lipinski definition) is 1. The first-order chi connectivity index (χ1) is 11.0. The maximum absolute atomic E-state index is 12.7. The zero-order valence-corrected chi connectivity index (χ0v) is 16.8. The fourth-order valence-electron chi connectivity index (χ4n) is 3.52. The third kappa shape index (κ3) is 6.82. The fourth-order valence-corrected chi connectivity index (χ4v) is 3.52. The summed E-state index contributed by atoms with van der Waals surface area (Å²) in [6.07, 6.45) is 3.83. The predicted molar refractivity (Wildman–Crippen MR) is 99.6 cm³/mol. The maximum atomic E-state index is 12.7. The third-order valence-electron chi connectivity index (χ3n) is 4.58. The lowest BCUT2D eigenvalue weighted by Crippen LogP contribution is -2.50. The van der Waals surface area contributed by atoms with Gasteiger partial charge in [0.25, 0.3) is 0 Å². The van der Waals surface area contributed by atoms with Crippen molar-refractivity contribution in [1.82, 2.24) is 10.2 Å². The molecule has 1 N–H and O–H groups in total. The molecule has 1 atom stereocenters. The molecule has 1 unspecified atom stereocenters. The zero-order valence-electron chi connectivity index (χ0n) is 16.8. The van der Waals surface area contributed by atoms with Crippen molar-refractivity contribution < 1.29 is 9.59 Å². The molecule has 0 aromatic heterocycles. The van der Waals surface area contributed by atoms with Gasteiger partial charge in [0.15, 0.2) is 0 Å². The van der Waals surface area contributed by atoms with Gasteiger partial charge < -0.3 is 10.2 Å². The Morgan fingerprint density at radius 3 is 2.08 bits per heavy atom. The Bertz CT molecular complexity index is 414. The molecule has 1 rings (SSSR count). The van der Waals surface area contributed by atoms with Gasteiger partial charge in [0, 0.05) is 24.5 Å². The van der Waals surface area contributed by atoms with Crippen molar-refractivity contribution in [3.05, 3.63) is 0 Å². The van der Waals surface area contributed by atoms with Crippen LogP contribution in [0.4, 0.5) is 0 Å². The molecule has 1 aliphatic heterocycles. The van der Waals surface area contributed by atoms with Gasteiger partial charge in [-0.25, -0.2) is 0 Å². The molecular weight excluding hydrogens is 300 g/mol. The van der Waals surface area contributed by atoms with E-state index >= 15 is 0 Å². The molecule has 1 heterocycles. The number of carbonyl (C=O) groups is 2. The van der Waals surface area contributed by atoms with Gasteiger partial charge in [-0.2, -0.15) is 0 Å². The van der Waals surface area contributed by atoms with Crippen LogP contribution in [0, 0.1) is 23.2 Å². The van der Waals surface area contributed by atoms with E-state index in [9.17, 15) is 9.59 Å². The zero-order chi connectivity index (χ0) is 18.5. The predicted octanol–water partition coefficient (Wildman–Crippen LogP) is 3.85. The van der Waals surface area contributed by atoms with Crippen molar-refractivity contribution >= 4 is 11.8 Å². The second kappa shape index (κ2) is 8.87. The van der Waals surface area contributed by atoms with E-state index in [2.05, 4.69) is 33.0 Å². The molecule has 0 bridgehead atoms. The number of piperidine rings is 1. The molecule has 24 heavy (non-hydrogen) atoms. The molecule has 2 amide bonds. The average Bonchev–Trinajstić information content (AvgIpc) is 2.44. The molecule has 0 saturated carbocycles. The second-order valence-electron chi connectivity index (χ2n) is 9.30. The van der Waals surface area contributed by atoms with Crippen LogP contribution in [-0.4, -0.2) is 35.8 Å². The largest absolute Gasteiger partial charge is 0.353 e. The minimum Gasteiger partial charge on any atom is -0.353 e. The number of likely N-dealkylation sites (tertiary alicyclic amines) is 1. The Balaban J connectivity index is 2.66. The number of nitrogens with zero attached hydrogens (tertiary/aromatic N) is 1. The summed E-state index contributed by atoms with van der Waals surface area (Å²) in [7, 11) is 0. The van der Waals surface area contributed by atoms with Gasteiger partial charge >= 0.3 is 0 Å². The highest BCUT2D eigenvalue weighted by Gasteiger charge is 2.33. The van der Waals surface area contributed by atoms with E-state index in [1.54, 1.807) is 0 Å². The summed E-state index contributed by atoms with van der Waals surface area (Å²) in [6.45, 7) is 16.0. The minimum absolute atomic E-state index is 0.0631. The third-order valence-corrected chi connectivity index (χ3v) is 4.58. The molecule has 1 saturated heterocycles. The highest BCUT2D eigenvalue weighted by atomic mass is 16.2. The topological polar surface area (TPSA) is 49.4 Å². The van der Waals surface area contributed by atoms with E-state index in [0.29, 0.717) is 18.4 Å². The van der Waals surface area contributed by atoms with Crippen molar-refractivity contribution in [3.8, 4) is 0 Å². The van der Waals surface area contributed by atoms with Crippen LogP contribution in [0.3, 0.4) is 0 Å². The van der Waals surface area contributed by atoms with Gasteiger partial charge in [-0.15, -0.1) is 0 Å². The van der Waals surface area contributed by atoms with Crippen LogP contribution >= 0.6 is 0 Å². The first-order valence-electron chi connectivity index (χ1n) is 9.60. The van der Waals surface area contributed by atoms with E-state index < -0.39 is 0 Å². The summed E-state index contributed by atoms with van der Waals surface area (Å²) < 4.78 is 0. The first-order valence-corrected chi connectivity index (χ1v) is 9.60. The van der Waals surface area contributed by atoms with Gasteiger partial charge in [0.2, 0.25) is 11.8 Å². The SMILES string of the molecule is CC(C)CC(CC(C)C)NC(=O)C1CCCN(C(=O)C(C)(C)C)C1. The first kappa shape index (κ1) is 21.0. The van der Waals surface area contributed by atoms with E-state index in [1.807, 2.05) is 25.7 Å². The molecular formula is C20H38N2O2. The lowest BCUT2D eigenvalue weighted by Gasteiger charge is -2.36. The van der Waals surface area contributed by atoms with Crippen LogP contribution in [0.15, 0.2) is 0 Å². The van der Waals surface area contributed by atoms with E-state index in [0.717, 1.165) is 32.2 Å². The van der Waals surface area contributed by atoms with E-state index in [-0.39, 0.29) is 29.2 Å². The normalized spacial score (nSPS) is 19.2. The second-order valence-corrected chi connectivity index (χ2v) is 9.30. The fraction of sp³-hybridized carbons (Fsp3) is 0.900. The van der Waals surface area contributed by atoms with Gasteiger partial charge in [-0.1, -0.05) is 48.5 Å². The van der Waals surface area contributed by atoms with Crippen LogP contribution in [0.5, 0.6) is 0 Å². The molecule has 0 radical (unpaired) electrons. The minimum atomic E-state index is -0.379. The van der Waals surface area contributed by atoms with Gasteiger partial charge in [0.1, 0.15) is 0 Å². The van der Waals surface area contributed by atoms with Crippen LogP contribution in [0.25, 0.3) is 0 Å². The van der Waals surface area contributed by atoms with Crippen molar-refractivity contribution in [3.63, 3.8) is 0 Å². The Labute approximate surface area is 148 Å². The van der Waals surface area contributed by atoms with Crippen molar-refractivity contribution in [2.75, 3.05) is 13.1 Å². The number of nitrogens with one attached hydrogen (secondary N) is 1. The summed E-state index contributed by atoms with van der Waals surface area (Å²) in [4.78, 5) is 27.1. The van der Waals surface area contributed by atoms with Gasteiger partial charge in [0.05, 0.1) is 5.92 Å². The highest BCUT2D eigenvalue weighted by Crippen LogP contribution is 2.24. The van der Waals surface area contributed by atoms with Crippen LogP contribution in [0.2, 0.25) is 0 Å². The van der Waals surface area contributed by atoms with E-state index in [1.165, 1.54) is 0 Å². The number of amides is 2. The summed E-state index contributed by atoms with van der Waals surface area (Å²) in [5, 5.41) is 3.27. The summed E-state index contributed by atoms with van der Waals surface area (Å²) in [6, 6.07) is 0.242. The molecule has 0 aromatic carbocycles. The van der Waals surface area contributed by atoms with Crippen molar-refractivity contribution in [1.29, 1.82) is 0 Å². The summed E-state index contributed by atoms with van der Waals surface area (Å²) >= 11 is 0. The smallest absolute Gasteiger partial charge is 0.227 e. The lowest BCUT2D eigenvalue weighted by molar-refractivity contribution is -0.142. The molecule has 4 heteroatoms. The van der Waals surface area contributed by atoms with Gasteiger partial charge in [-0.05, 0) is 37.5 Å². The average molecular weight is 339 g/mol. The standard InChI is InChI=1S/C20H38N2O2/c1-14(2)11-17(12-15(3)4)21-18(23)16-9-8-10-22(13-16)19(24)20(5,6)7/h14-17H,8-13H2,1-7H3,(H,21,23). The Hall–Kier alpha value is -1.06. The molecule has 0 spiro atoms. The maximum Gasteiger partial charge on any atom is 0.227 e. The summed E-state index contributed by atoms with van der Waals surface area (Å²) in [5.41, 5.74) is -0.379. The molecule has 1 fully saturated rings.